The molecular formula is C17H14F3NO3. The van der Waals surface area contributed by atoms with E-state index >= 15 is 0 Å². The molecule has 1 amide bonds. The number of amides is 1. The standard InChI is InChI=1S/C17H14F3NO3/c1-9(2)14(22)24-16(17(18,19)20)12-8-7-10-5-3-4-6-11(10)13(12)21-15(16)23/h3-9H,1-2H3,(H,21,23)/t16-/m0/s1. The fourth-order valence-corrected chi connectivity index (χ4v) is 2.73. The fraction of sp³-hybridized carbons (Fsp3) is 0.294. The number of ether oxygens (including phenoxy) is 1. The Morgan fingerprint density at radius 3 is 2.46 bits per heavy atom. The van der Waals surface area contributed by atoms with Gasteiger partial charge in [-0.2, -0.15) is 13.2 Å². The Labute approximate surface area is 135 Å². The van der Waals surface area contributed by atoms with E-state index in [0.29, 0.717) is 10.8 Å². The zero-order valence-corrected chi connectivity index (χ0v) is 12.9. The van der Waals surface area contributed by atoms with Gasteiger partial charge in [0, 0.05) is 10.9 Å². The van der Waals surface area contributed by atoms with Crippen molar-refractivity contribution in [1.82, 2.24) is 0 Å². The van der Waals surface area contributed by atoms with Gasteiger partial charge in [0.15, 0.2) is 0 Å². The van der Waals surface area contributed by atoms with Crippen molar-refractivity contribution < 1.29 is 27.5 Å². The number of nitrogens with one attached hydrogen (secondary N) is 1. The van der Waals surface area contributed by atoms with Crippen LogP contribution in [-0.2, 0) is 19.9 Å². The van der Waals surface area contributed by atoms with Crippen LogP contribution < -0.4 is 5.32 Å². The number of fused-ring (bicyclic) bond motifs is 3. The minimum atomic E-state index is -5.09. The highest BCUT2D eigenvalue weighted by Crippen LogP contribution is 2.51. The number of esters is 1. The quantitative estimate of drug-likeness (QED) is 0.849. The molecule has 1 heterocycles. The Kier molecular flexibility index (Phi) is 3.55. The third-order valence-electron chi connectivity index (χ3n) is 3.99. The average Bonchev–Trinajstić information content (AvgIpc) is 2.80. The second-order valence-corrected chi connectivity index (χ2v) is 5.92. The molecule has 1 aliphatic heterocycles. The molecular weight excluding hydrogens is 323 g/mol. The first-order valence-electron chi connectivity index (χ1n) is 7.31. The Hall–Kier alpha value is -2.57. The number of halogens is 3. The lowest BCUT2D eigenvalue weighted by Gasteiger charge is -2.30. The zero-order valence-electron chi connectivity index (χ0n) is 12.9. The van der Waals surface area contributed by atoms with Crippen molar-refractivity contribution in [3.05, 3.63) is 42.0 Å². The molecule has 0 radical (unpaired) electrons. The lowest BCUT2D eigenvalue weighted by atomic mass is 9.92. The Morgan fingerprint density at radius 2 is 1.83 bits per heavy atom. The number of anilines is 1. The van der Waals surface area contributed by atoms with Crippen LogP contribution in [0.15, 0.2) is 36.4 Å². The second-order valence-electron chi connectivity index (χ2n) is 5.92. The molecule has 4 nitrogen and oxygen atoms in total. The maximum Gasteiger partial charge on any atom is 0.442 e. The van der Waals surface area contributed by atoms with Crippen molar-refractivity contribution >= 4 is 28.3 Å². The van der Waals surface area contributed by atoms with E-state index in [2.05, 4.69) is 5.32 Å². The molecule has 1 aliphatic rings. The van der Waals surface area contributed by atoms with Crippen LogP contribution in [0, 0.1) is 5.92 Å². The summed E-state index contributed by atoms with van der Waals surface area (Å²) in [5, 5.41) is 3.37. The first-order chi connectivity index (χ1) is 11.2. The molecule has 0 bridgehead atoms. The Bertz CT molecular complexity index is 845. The summed E-state index contributed by atoms with van der Waals surface area (Å²) in [5.41, 5.74) is -3.70. The maximum atomic E-state index is 13.8. The van der Waals surface area contributed by atoms with E-state index in [1.165, 1.54) is 26.0 Å². The summed E-state index contributed by atoms with van der Waals surface area (Å²) in [4.78, 5) is 24.2. The SMILES string of the molecule is CC(C)C(=O)O[C@]1(C(F)(F)F)C(=O)Nc2c1ccc1ccccc21. The summed E-state index contributed by atoms with van der Waals surface area (Å²) in [6.45, 7) is 2.81. The number of rotatable bonds is 2. The van der Waals surface area contributed by atoms with Crippen molar-refractivity contribution in [2.24, 2.45) is 5.92 Å². The molecule has 0 aliphatic carbocycles. The highest BCUT2D eigenvalue weighted by Gasteiger charge is 2.69. The molecule has 0 saturated heterocycles. The first kappa shape index (κ1) is 16.3. The molecule has 1 atom stereocenters. The zero-order chi connectivity index (χ0) is 17.7. The molecule has 0 unspecified atom stereocenters. The van der Waals surface area contributed by atoms with Crippen LogP contribution in [0.5, 0.6) is 0 Å². The molecule has 0 saturated carbocycles. The molecule has 7 heteroatoms. The smallest absolute Gasteiger partial charge is 0.434 e. The predicted octanol–water partition coefficient (Wildman–Crippen LogP) is 3.75. The Morgan fingerprint density at radius 1 is 1.17 bits per heavy atom. The summed E-state index contributed by atoms with van der Waals surface area (Å²) in [6.07, 6.45) is -5.09. The second kappa shape index (κ2) is 5.22. The van der Waals surface area contributed by atoms with Crippen LogP contribution in [0.4, 0.5) is 18.9 Å². The Balaban J connectivity index is 2.27. The van der Waals surface area contributed by atoms with Crippen LogP contribution in [0.25, 0.3) is 10.8 Å². The van der Waals surface area contributed by atoms with Crippen LogP contribution in [0.2, 0.25) is 0 Å². The third-order valence-corrected chi connectivity index (χ3v) is 3.99. The van der Waals surface area contributed by atoms with Gasteiger partial charge >= 0.3 is 17.7 Å². The van der Waals surface area contributed by atoms with Crippen molar-refractivity contribution in [1.29, 1.82) is 0 Å². The van der Waals surface area contributed by atoms with Crippen LogP contribution in [-0.4, -0.2) is 18.1 Å². The summed E-state index contributed by atoms with van der Waals surface area (Å²) >= 11 is 0. The van der Waals surface area contributed by atoms with Gasteiger partial charge in [-0.15, -0.1) is 0 Å². The summed E-state index contributed by atoms with van der Waals surface area (Å²) in [7, 11) is 0. The molecule has 0 fully saturated rings. The largest absolute Gasteiger partial charge is 0.442 e. The van der Waals surface area contributed by atoms with Crippen molar-refractivity contribution in [2.75, 3.05) is 5.32 Å². The lowest BCUT2D eigenvalue weighted by molar-refractivity contribution is -0.264. The van der Waals surface area contributed by atoms with E-state index in [0.717, 1.165) is 0 Å². The van der Waals surface area contributed by atoms with Gasteiger partial charge in [-0.05, 0) is 5.39 Å². The van der Waals surface area contributed by atoms with Crippen LogP contribution in [0.3, 0.4) is 0 Å². The molecule has 2 aromatic carbocycles. The van der Waals surface area contributed by atoms with Gasteiger partial charge in [0.25, 0.3) is 5.91 Å². The highest BCUT2D eigenvalue weighted by molar-refractivity contribution is 6.14. The fourth-order valence-electron chi connectivity index (χ4n) is 2.73. The highest BCUT2D eigenvalue weighted by atomic mass is 19.4. The molecule has 0 spiro atoms. The van der Waals surface area contributed by atoms with Crippen LogP contribution >= 0.6 is 0 Å². The molecule has 126 valence electrons. The number of hydrogen-bond acceptors (Lipinski definition) is 3. The topological polar surface area (TPSA) is 55.4 Å². The number of benzene rings is 2. The van der Waals surface area contributed by atoms with Gasteiger partial charge in [-0.25, -0.2) is 0 Å². The van der Waals surface area contributed by atoms with Crippen molar-refractivity contribution in [3.63, 3.8) is 0 Å². The molecule has 0 aromatic heterocycles. The number of carbonyl (C=O) groups excluding carboxylic acids is 2. The minimum absolute atomic E-state index is 0.0204. The van der Waals surface area contributed by atoms with Crippen molar-refractivity contribution in [3.8, 4) is 0 Å². The van der Waals surface area contributed by atoms with E-state index in [4.69, 9.17) is 4.74 Å². The summed E-state index contributed by atoms with van der Waals surface area (Å²) in [5.74, 6) is -3.31. The maximum absolute atomic E-state index is 13.8. The van der Waals surface area contributed by atoms with Gasteiger partial charge < -0.3 is 10.1 Å². The number of carbonyl (C=O) groups is 2. The van der Waals surface area contributed by atoms with Crippen LogP contribution in [0.1, 0.15) is 19.4 Å². The summed E-state index contributed by atoms with van der Waals surface area (Å²) < 4.78 is 46.2. The van der Waals surface area contributed by atoms with Gasteiger partial charge in [0.2, 0.25) is 0 Å². The minimum Gasteiger partial charge on any atom is -0.434 e. The average molecular weight is 337 g/mol. The molecule has 1 N–H and O–H groups in total. The predicted molar refractivity (Wildman–Crippen MR) is 81.2 cm³/mol. The van der Waals surface area contributed by atoms with E-state index in [-0.39, 0.29) is 5.69 Å². The van der Waals surface area contributed by atoms with Gasteiger partial charge in [0.1, 0.15) is 0 Å². The van der Waals surface area contributed by atoms with E-state index in [1.54, 1.807) is 24.3 Å². The third kappa shape index (κ3) is 2.15. The normalized spacial score (nSPS) is 20.2. The summed E-state index contributed by atoms with van der Waals surface area (Å²) in [6, 6.07) is 9.36. The molecule has 24 heavy (non-hydrogen) atoms. The lowest BCUT2D eigenvalue weighted by Crippen LogP contribution is -2.51. The monoisotopic (exact) mass is 337 g/mol. The number of hydrogen-bond donors (Lipinski definition) is 1. The van der Waals surface area contributed by atoms with E-state index < -0.39 is 35.1 Å². The van der Waals surface area contributed by atoms with Gasteiger partial charge in [-0.3, -0.25) is 9.59 Å². The first-order valence-corrected chi connectivity index (χ1v) is 7.31. The molecule has 2 aromatic rings. The van der Waals surface area contributed by atoms with Gasteiger partial charge in [-0.1, -0.05) is 50.2 Å². The van der Waals surface area contributed by atoms with Gasteiger partial charge in [0.05, 0.1) is 11.6 Å². The van der Waals surface area contributed by atoms with E-state index in [9.17, 15) is 22.8 Å². The van der Waals surface area contributed by atoms with E-state index in [1.807, 2.05) is 0 Å². The van der Waals surface area contributed by atoms with Crippen molar-refractivity contribution in [2.45, 2.75) is 25.6 Å². The molecule has 3 rings (SSSR count). The number of alkyl halides is 3.